The summed E-state index contributed by atoms with van der Waals surface area (Å²) in [6.45, 7) is 5.33. The second-order valence-electron chi connectivity index (χ2n) is 6.68. The molecule has 8 heteroatoms. The standard InChI is InChI=1S/C21H26N6O2/c1-14-18(15(2)27(4)26-14)13-24-21(22-3)23-12-16-7-9-17(10-8-16)25-20(28)19-6-5-11-29-19/h5-11H,12-13H2,1-4H3,(H,25,28)(H2,22,23,24). The summed E-state index contributed by atoms with van der Waals surface area (Å²) in [5.41, 5.74) is 5.10. The molecule has 0 saturated heterocycles. The molecule has 0 atom stereocenters. The molecule has 1 aromatic carbocycles. The van der Waals surface area contributed by atoms with Crippen molar-refractivity contribution < 1.29 is 9.21 Å². The zero-order valence-corrected chi connectivity index (χ0v) is 17.1. The molecular weight excluding hydrogens is 368 g/mol. The van der Waals surface area contributed by atoms with Gasteiger partial charge in [0.25, 0.3) is 5.91 Å². The van der Waals surface area contributed by atoms with E-state index in [0.717, 1.165) is 17.0 Å². The number of benzene rings is 1. The molecule has 3 N–H and O–H groups in total. The lowest BCUT2D eigenvalue weighted by molar-refractivity contribution is 0.0996. The van der Waals surface area contributed by atoms with E-state index in [1.807, 2.05) is 42.9 Å². The number of hydrogen-bond donors (Lipinski definition) is 3. The fraction of sp³-hybridized carbons (Fsp3) is 0.286. The van der Waals surface area contributed by atoms with Crippen molar-refractivity contribution >= 4 is 17.6 Å². The normalized spacial score (nSPS) is 11.4. The highest BCUT2D eigenvalue weighted by Gasteiger charge is 2.10. The number of amides is 1. The largest absolute Gasteiger partial charge is 0.459 e. The molecular formula is C21H26N6O2. The van der Waals surface area contributed by atoms with Crippen molar-refractivity contribution in [2.75, 3.05) is 12.4 Å². The van der Waals surface area contributed by atoms with Crippen LogP contribution in [0.5, 0.6) is 0 Å². The lowest BCUT2D eigenvalue weighted by Crippen LogP contribution is -2.36. The van der Waals surface area contributed by atoms with Crippen LogP contribution in [0, 0.1) is 13.8 Å². The maximum atomic E-state index is 12.0. The number of nitrogens with one attached hydrogen (secondary N) is 3. The van der Waals surface area contributed by atoms with Gasteiger partial charge in [-0.15, -0.1) is 0 Å². The first-order chi connectivity index (χ1) is 14.0. The average Bonchev–Trinajstić information content (AvgIpc) is 3.33. The number of aliphatic imine (C=N–C) groups is 1. The lowest BCUT2D eigenvalue weighted by atomic mass is 10.2. The van der Waals surface area contributed by atoms with Gasteiger partial charge in [-0.1, -0.05) is 12.1 Å². The van der Waals surface area contributed by atoms with Gasteiger partial charge in [0.15, 0.2) is 11.7 Å². The van der Waals surface area contributed by atoms with Crippen molar-refractivity contribution in [2.45, 2.75) is 26.9 Å². The molecule has 0 aliphatic carbocycles. The summed E-state index contributed by atoms with van der Waals surface area (Å²) in [7, 11) is 3.69. The molecule has 152 valence electrons. The highest BCUT2D eigenvalue weighted by atomic mass is 16.3. The van der Waals surface area contributed by atoms with Gasteiger partial charge in [-0.05, 0) is 43.7 Å². The highest BCUT2D eigenvalue weighted by Crippen LogP contribution is 2.13. The van der Waals surface area contributed by atoms with E-state index in [-0.39, 0.29) is 11.7 Å². The molecule has 2 aromatic heterocycles. The second-order valence-corrected chi connectivity index (χ2v) is 6.68. The Hall–Kier alpha value is -3.55. The molecule has 29 heavy (non-hydrogen) atoms. The molecule has 0 spiro atoms. The quantitative estimate of drug-likeness (QED) is 0.441. The lowest BCUT2D eigenvalue weighted by Gasteiger charge is -2.13. The number of nitrogens with zero attached hydrogens (tertiary/aromatic N) is 3. The molecule has 0 aliphatic rings. The maximum absolute atomic E-state index is 12.0. The summed E-state index contributed by atoms with van der Waals surface area (Å²) in [6, 6.07) is 10.9. The fourth-order valence-corrected chi connectivity index (χ4v) is 2.96. The summed E-state index contributed by atoms with van der Waals surface area (Å²) in [5, 5.41) is 13.9. The van der Waals surface area contributed by atoms with E-state index in [1.165, 1.54) is 11.8 Å². The molecule has 0 aliphatic heterocycles. The summed E-state index contributed by atoms with van der Waals surface area (Å²) in [5.74, 6) is 0.721. The molecule has 8 nitrogen and oxygen atoms in total. The average molecular weight is 394 g/mol. The molecule has 2 heterocycles. The Morgan fingerprint density at radius 1 is 1.14 bits per heavy atom. The van der Waals surface area contributed by atoms with Crippen molar-refractivity contribution in [1.82, 2.24) is 20.4 Å². The van der Waals surface area contributed by atoms with Crippen molar-refractivity contribution in [1.29, 1.82) is 0 Å². The first kappa shape index (κ1) is 20.2. The number of furan rings is 1. The van der Waals surface area contributed by atoms with Crippen LogP contribution in [0.2, 0.25) is 0 Å². The van der Waals surface area contributed by atoms with Gasteiger partial charge in [-0.3, -0.25) is 14.5 Å². The molecule has 0 unspecified atom stereocenters. The summed E-state index contributed by atoms with van der Waals surface area (Å²) < 4.78 is 6.98. The van der Waals surface area contributed by atoms with E-state index >= 15 is 0 Å². The van der Waals surface area contributed by atoms with E-state index in [2.05, 4.69) is 33.0 Å². The Morgan fingerprint density at radius 3 is 2.45 bits per heavy atom. The van der Waals surface area contributed by atoms with Gasteiger partial charge in [0.1, 0.15) is 0 Å². The monoisotopic (exact) mass is 394 g/mol. The predicted molar refractivity (Wildman–Crippen MR) is 113 cm³/mol. The van der Waals surface area contributed by atoms with Gasteiger partial charge in [-0.25, -0.2) is 0 Å². The first-order valence-corrected chi connectivity index (χ1v) is 9.35. The minimum Gasteiger partial charge on any atom is -0.459 e. The maximum Gasteiger partial charge on any atom is 0.291 e. The predicted octanol–water partition coefficient (Wildman–Crippen LogP) is 2.75. The van der Waals surface area contributed by atoms with Crippen molar-refractivity contribution in [3.8, 4) is 0 Å². The number of aromatic nitrogens is 2. The van der Waals surface area contributed by atoms with Gasteiger partial charge in [0, 0.05) is 44.1 Å². The Kier molecular flexibility index (Phi) is 6.33. The number of guanidine groups is 1. The fourth-order valence-electron chi connectivity index (χ4n) is 2.96. The molecule has 0 radical (unpaired) electrons. The van der Waals surface area contributed by atoms with Crippen LogP contribution in [-0.4, -0.2) is 28.7 Å². The summed E-state index contributed by atoms with van der Waals surface area (Å²) in [6.07, 6.45) is 1.47. The van der Waals surface area contributed by atoms with Crippen LogP contribution in [-0.2, 0) is 20.1 Å². The van der Waals surface area contributed by atoms with E-state index in [1.54, 1.807) is 19.2 Å². The van der Waals surface area contributed by atoms with Crippen molar-refractivity contribution in [2.24, 2.45) is 12.0 Å². The highest BCUT2D eigenvalue weighted by molar-refractivity contribution is 6.02. The van der Waals surface area contributed by atoms with E-state index < -0.39 is 0 Å². The molecule has 1 amide bonds. The SMILES string of the molecule is CN=C(NCc1ccc(NC(=O)c2ccco2)cc1)NCc1c(C)nn(C)c1C. The van der Waals surface area contributed by atoms with Gasteiger partial charge in [0.2, 0.25) is 0 Å². The van der Waals surface area contributed by atoms with E-state index in [9.17, 15) is 4.79 Å². The Morgan fingerprint density at radius 2 is 1.86 bits per heavy atom. The van der Waals surface area contributed by atoms with Gasteiger partial charge >= 0.3 is 0 Å². The van der Waals surface area contributed by atoms with Crippen LogP contribution < -0.4 is 16.0 Å². The first-order valence-electron chi connectivity index (χ1n) is 9.35. The Balaban J connectivity index is 1.51. The van der Waals surface area contributed by atoms with Crippen LogP contribution in [0.15, 0.2) is 52.1 Å². The van der Waals surface area contributed by atoms with Gasteiger partial charge in [0.05, 0.1) is 12.0 Å². The molecule has 3 rings (SSSR count). The van der Waals surface area contributed by atoms with Crippen LogP contribution in [0.25, 0.3) is 0 Å². The molecule has 0 bridgehead atoms. The van der Waals surface area contributed by atoms with Gasteiger partial charge in [-0.2, -0.15) is 5.10 Å². The topological polar surface area (TPSA) is 96.5 Å². The minimum atomic E-state index is -0.272. The van der Waals surface area contributed by atoms with Crippen LogP contribution >= 0.6 is 0 Å². The molecule has 0 saturated carbocycles. The zero-order chi connectivity index (χ0) is 20.8. The Bertz CT molecular complexity index is 987. The van der Waals surface area contributed by atoms with Crippen molar-refractivity contribution in [3.05, 3.63) is 70.9 Å². The smallest absolute Gasteiger partial charge is 0.291 e. The number of rotatable bonds is 6. The summed E-state index contributed by atoms with van der Waals surface area (Å²) in [4.78, 5) is 16.3. The van der Waals surface area contributed by atoms with E-state index in [0.29, 0.717) is 24.7 Å². The van der Waals surface area contributed by atoms with Gasteiger partial charge < -0.3 is 20.4 Å². The number of anilines is 1. The summed E-state index contributed by atoms with van der Waals surface area (Å²) >= 11 is 0. The minimum absolute atomic E-state index is 0.272. The Labute approximate surface area is 170 Å². The van der Waals surface area contributed by atoms with E-state index in [4.69, 9.17) is 4.42 Å². The zero-order valence-electron chi connectivity index (χ0n) is 17.1. The molecule has 3 aromatic rings. The van der Waals surface area contributed by atoms with Crippen LogP contribution in [0.3, 0.4) is 0 Å². The molecule has 0 fully saturated rings. The number of carbonyl (C=O) groups excluding carboxylic acids is 1. The third-order valence-corrected chi connectivity index (χ3v) is 4.73. The second kappa shape index (κ2) is 9.09. The number of carbonyl (C=O) groups is 1. The van der Waals surface area contributed by atoms with Crippen LogP contribution in [0.1, 0.15) is 33.1 Å². The number of hydrogen-bond acceptors (Lipinski definition) is 4. The van der Waals surface area contributed by atoms with Crippen LogP contribution in [0.4, 0.5) is 5.69 Å². The third kappa shape index (κ3) is 5.04. The third-order valence-electron chi connectivity index (χ3n) is 4.73. The number of aryl methyl sites for hydroxylation is 2. The van der Waals surface area contributed by atoms with Crippen molar-refractivity contribution in [3.63, 3.8) is 0 Å².